The molecule has 98 valence electrons. The fraction of sp³-hybridized carbons (Fsp3) is 0.188. The van der Waals surface area contributed by atoms with Crippen LogP contribution in [0.5, 0.6) is 11.5 Å². The van der Waals surface area contributed by atoms with Gasteiger partial charge in [0.15, 0.2) is 6.29 Å². The number of ether oxygens (including phenoxy) is 1. The molecule has 0 saturated carbocycles. The van der Waals surface area contributed by atoms with Gasteiger partial charge in [0.25, 0.3) is 0 Å². The second kappa shape index (κ2) is 5.89. The van der Waals surface area contributed by atoms with Gasteiger partial charge in [-0.05, 0) is 35.7 Å². The smallest absolute Gasteiger partial charge is 0.155 e. The summed E-state index contributed by atoms with van der Waals surface area (Å²) in [4.78, 5) is 11.0. The van der Waals surface area contributed by atoms with Crippen LogP contribution in [0.2, 0.25) is 5.02 Å². The van der Waals surface area contributed by atoms with Crippen molar-refractivity contribution in [1.82, 2.24) is 0 Å². The molecule has 0 aliphatic heterocycles. The predicted octanol–water partition coefficient (Wildman–Crippen LogP) is 5.07. The highest BCUT2D eigenvalue weighted by Crippen LogP contribution is 2.29. The van der Waals surface area contributed by atoms with Gasteiger partial charge < -0.3 is 4.74 Å². The van der Waals surface area contributed by atoms with Crippen LogP contribution in [0.15, 0.2) is 42.5 Å². The van der Waals surface area contributed by atoms with Gasteiger partial charge in [-0.15, -0.1) is 0 Å². The molecule has 2 aromatic carbocycles. The van der Waals surface area contributed by atoms with Crippen LogP contribution in [-0.2, 0) is 0 Å². The zero-order chi connectivity index (χ0) is 13.8. The number of hydrogen-bond acceptors (Lipinski definition) is 2. The summed E-state index contributed by atoms with van der Waals surface area (Å²) in [6.07, 6.45) is 0.708. The van der Waals surface area contributed by atoms with Crippen molar-refractivity contribution in [2.75, 3.05) is 0 Å². The van der Waals surface area contributed by atoms with Crippen molar-refractivity contribution in [1.29, 1.82) is 0 Å². The molecule has 0 saturated heterocycles. The first kappa shape index (κ1) is 13.6. The molecule has 0 radical (unpaired) electrons. The molecule has 0 fully saturated rings. The quantitative estimate of drug-likeness (QED) is 0.728. The highest BCUT2D eigenvalue weighted by molar-refractivity contribution is 6.33. The Labute approximate surface area is 118 Å². The number of halogens is 1. The lowest BCUT2D eigenvalue weighted by atomic mass is 10.0. The number of benzene rings is 2. The molecular weight excluding hydrogens is 260 g/mol. The van der Waals surface area contributed by atoms with Gasteiger partial charge in [0.1, 0.15) is 11.5 Å². The Kier molecular flexibility index (Phi) is 4.23. The second-order valence-corrected chi connectivity index (χ2v) is 5.00. The van der Waals surface area contributed by atoms with E-state index in [9.17, 15) is 4.79 Å². The van der Waals surface area contributed by atoms with Crippen molar-refractivity contribution in [2.45, 2.75) is 19.8 Å². The second-order valence-electron chi connectivity index (χ2n) is 4.60. The third kappa shape index (κ3) is 3.15. The van der Waals surface area contributed by atoms with Crippen LogP contribution in [0.3, 0.4) is 0 Å². The van der Waals surface area contributed by atoms with E-state index < -0.39 is 0 Å². The van der Waals surface area contributed by atoms with E-state index in [1.54, 1.807) is 18.2 Å². The fourth-order valence-corrected chi connectivity index (χ4v) is 1.98. The van der Waals surface area contributed by atoms with Crippen molar-refractivity contribution in [3.63, 3.8) is 0 Å². The first-order valence-corrected chi connectivity index (χ1v) is 6.51. The van der Waals surface area contributed by atoms with E-state index in [-0.39, 0.29) is 0 Å². The van der Waals surface area contributed by atoms with E-state index in [1.165, 1.54) is 5.56 Å². The summed E-state index contributed by atoms with van der Waals surface area (Å²) in [7, 11) is 0. The number of carbonyl (C=O) groups excluding carboxylic acids is 1. The first-order valence-electron chi connectivity index (χ1n) is 6.13. The van der Waals surface area contributed by atoms with Crippen LogP contribution in [0.1, 0.15) is 35.7 Å². The molecule has 2 rings (SSSR count). The van der Waals surface area contributed by atoms with Gasteiger partial charge in [0.2, 0.25) is 0 Å². The van der Waals surface area contributed by atoms with Crippen molar-refractivity contribution in [2.24, 2.45) is 0 Å². The van der Waals surface area contributed by atoms with Crippen molar-refractivity contribution < 1.29 is 9.53 Å². The van der Waals surface area contributed by atoms with Gasteiger partial charge in [-0.2, -0.15) is 0 Å². The minimum Gasteiger partial charge on any atom is -0.457 e. The lowest BCUT2D eigenvalue weighted by Gasteiger charge is -2.10. The lowest BCUT2D eigenvalue weighted by Crippen LogP contribution is -1.92. The van der Waals surface area contributed by atoms with Crippen LogP contribution in [0.25, 0.3) is 0 Å². The molecule has 0 aromatic heterocycles. The van der Waals surface area contributed by atoms with E-state index in [4.69, 9.17) is 16.3 Å². The molecule has 3 heteroatoms. The summed E-state index contributed by atoms with van der Waals surface area (Å²) in [5, 5.41) is 0.395. The van der Waals surface area contributed by atoms with Gasteiger partial charge >= 0.3 is 0 Å². The van der Waals surface area contributed by atoms with Gasteiger partial charge in [0, 0.05) is 0 Å². The highest BCUT2D eigenvalue weighted by Gasteiger charge is 2.08. The molecule has 0 aliphatic rings. The number of hydrogen-bond donors (Lipinski definition) is 0. The summed E-state index contributed by atoms with van der Waals surface area (Å²) >= 11 is 5.95. The molecular formula is C16H15ClO2. The third-order valence-electron chi connectivity index (χ3n) is 2.91. The van der Waals surface area contributed by atoms with Crippen molar-refractivity contribution in [3.8, 4) is 11.5 Å². The minimum atomic E-state index is 0.372. The largest absolute Gasteiger partial charge is 0.457 e. The van der Waals surface area contributed by atoms with Gasteiger partial charge in [0.05, 0.1) is 10.6 Å². The summed E-state index contributed by atoms with van der Waals surface area (Å²) < 4.78 is 5.70. The van der Waals surface area contributed by atoms with E-state index in [0.29, 0.717) is 34.3 Å². The topological polar surface area (TPSA) is 26.3 Å². The van der Waals surface area contributed by atoms with E-state index in [1.807, 2.05) is 24.3 Å². The standard InChI is InChI=1S/C16H15ClO2/c1-11(2)12-6-8-13(9-7-12)19-16-5-3-4-15(17)14(16)10-18/h3-11H,1-2H3. The summed E-state index contributed by atoms with van der Waals surface area (Å²) in [5.74, 6) is 1.64. The molecule has 0 aliphatic carbocycles. The summed E-state index contributed by atoms with van der Waals surface area (Å²) in [5.41, 5.74) is 1.62. The Morgan fingerprint density at radius 1 is 1.11 bits per heavy atom. The molecule has 0 unspecified atom stereocenters. The maximum absolute atomic E-state index is 11.0. The lowest BCUT2D eigenvalue weighted by molar-refractivity contribution is 0.112. The molecule has 2 nitrogen and oxygen atoms in total. The number of carbonyl (C=O) groups is 1. The Balaban J connectivity index is 2.26. The Hall–Kier alpha value is -1.80. The molecule has 0 spiro atoms. The van der Waals surface area contributed by atoms with E-state index >= 15 is 0 Å². The zero-order valence-corrected chi connectivity index (χ0v) is 11.6. The maximum Gasteiger partial charge on any atom is 0.155 e. The van der Waals surface area contributed by atoms with Gasteiger partial charge in [-0.3, -0.25) is 4.79 Å². The zero-order valence-electron chi connectivity index (χ0n) is 10.9. The maximum atomic E-state index is 11.0. The van der Waals surface area contributed by atoms with E-state index in [0.717, 1.165) is 0 Å². The SMILES string of the molecule is CC(C)c1ccc(Oc2cccc(Cl)c2C=O)cc1. The Bertz CT molecular complexity index is 574. The van der Waals surface area contributed by atoms with Crippen LogP contribution < -0.4 is 4.74 Å². The number of aldehydes is 1. The average molecular weight is 275 g/mol. The highest BCUT2D eigenvalue weighted by atomic mass is 35.5. The third-order valence-corrected chi connectivity index (χ3v) is 3.23. The molecule has 0 N–H and O–H groups in total. The Morgan fingerprint density at radius 3 is 2.37 bits per heavy atom. The summed E-state index contributed by atoms with van der Waals surface area (Å²) in [6.45, 7) is 4.27. The molecule has 0 heterocycles. The van der Waals surface area contributed by atoms with Crippen LogP contribution >= 0.6 is 11.6 Å². The van der Waals surface area contributed by atoms with Crippen LogP contribution in [0, 0.1) is 0 Å². The van der Waals surface area contributed by atoms with Crippen molar-refractivity contribution >= 4 is 17.9 Å². The summed E-state index contributed by atoms with van der Waals surface area (Å²) in [6, 6.07) is 13.0. The molecule has 19 heavy (non-hydrogen) atoms. The van der Waals surface area contributed by atoms with Crippen LogP contribution in [0.4, 0.5) is 0 Å². The molecule has 0 bridgehead atoms. The molecule has 0 amide bonds. The van der Waals surface area contributed by atoms with Crippen molar-refractivity contribution in [3.05, 3.63) is 58.6 Å². The molecule has 2 aromatic rings. The van der Waals surface area contributed by atoms with Crippen LogP contribution in [-0.4, -0.2) is 6.29 Å². The number of rotatable bonds is 4. The average Bonchev–Trinajstić information content (AvgIpc) is 2.39. The van der Waals surface area contributed by atoms with Gasteiger partial charge in [-0.25, -0.2) is 0 Å². The van der Waals surface area contributed by atoms with Gasteiger partial charge in [-0.1, -0.05) is 43.6 Å². The Morgan fingerprint density at radius 2 is 1.79 bits per heavy atom. The first-order chi connectivity index (χ1) is 9.11. The van der Waals surface area contributed by atoms with E-state index in [2.05, 4.69) is 13.8 Å². The predicted molar refractivity (Wildman–Crippen MR) is 77.4 cm³/mol. The molecule has 0 atom stereocenters. The fourth-order valence-electron chi connectivity index (χ4n) is 1.77. The minimum absolute atomic E-state index is 0.372. The normalized spacial score (nSPS) is 10.5. The monoisotopic (exact) mass is 274 g/mol.